The highest BCUT2D eigenvalue weighted by Gasteiger charge is 2.28. The summed E-state index contributed by atoms with van der Waals surface area (Å²) in [5.74, 6) is 0.758. The Hall–Kier alpha value is -2.55. The average Bonchev–Trinajstić information content (AvgIpc) is 3.34. The van der Waals surface area contributed by atoms with Crippen molar-refractivity contribution in [1.29, 1.82) is 0 Å². The minimum atomic E-state index is -2.69. The molecule has 1 aliphatic rings. The van der Waals surface area contributed by atoms with Crippen molar-refractivity contribution in [2.45, 2.75) is 26.0 Å². The zero-order valence-corrected chi connectivity index (χ0v) is 14.7. The quantitative estimate of drug-likeness (QED) is 0.738. The van der Waals surface area contributed by atoms with E-state index in [2.05, 4.69) is 15.4 Å². The molecule has 1 aliphatic heterocycles. The van der Waals surface area contributed by atoms with Gasteiger partial charge in [-0.05, 0) is 24.6 Å². The van der Waals surface area contributed by atoms with Crippen molar-refractivity contribution in [2.75, 3.05) is 6.54 Å². The van der Waals surface area contributed by atoms with Crippen molar-refractivity contribution in [2.24, 2.45) is 5.92 Å². The van der Waals surface area contributed by atoms with Gasteiger partial charge in [0.2, 0.25) is 5.91 Å². The normalized spacial score (nSPS) is 18.5. The molecule has 1 saturated heterocycles. The highest BCUT2D eigenvalue weighted by atomic mass is 32.1. The highest BCUT2D eigenvalue weighted by molar-refractivity contribution is 7.17. The summed E-state index contributed by atoms with van der Waals surface area (Å²) in [6.45, 7) is -0.165. The molecule has 2 aromatic heterocycles. The van der Waals surface area contributed by atoms with E-state index >= 15 is 0 Å². The standard InChI is InChI=1S/C17H16F2N4O2S/c1-9(11-4-15(24)20-5-11)25-14-3-10(2-13-16(14)26-8-21-13)12-6-22-23(7-12)17(18)19/h2-3,6-9,11,17H,4-5H2,1H3,(H,20,24)/t9-,11-/m1/s1. The molecule has 0 saturated carbocycles. The third-order valence-corrected chi connectivity index (χ3v) is 5.37. The third kappa shape index (κ3) is 3.14. The van der Waals surface area contributed by atoms with E-state index in [0.29, 0.717) is 34.5 Å². The van der Waals surface area contributed by atoms with Gasteiger partial charge in [0.25, 0.3) is 0 Å². The van der Waals surface area contributed by atoms with Crippen molar-refractivity contribution < 1.29 is 18.3 Å². The van der Waals surface area contributed by atoms with Gasteiger partial charge >= 0.3 is 6.55 Å². The number of halogens is 2. The van der Waals surface area contributed by atoms with Gasteiger partial charge < -0.3 is 10.1 Å². The van der Waals surface area contributed by atoms with Crippen LogP contribution in [0.3, 0.4) is 0 Å². The Morgan fingerprint density at radius 3 is 2.92 bits per heavy atom. The number of alkyl halides is 2. The monoisotopic (exact) mass is 378 g/mol. The van der Waals surface area contributed by atoms with Crippen LogP contribution in [0.2, 0.25) is 0 Å². The summed E-state index contributed by atoms with van der Waals surface area (Å²) >= 11 is 1.45. The maximum atomic E-state index is 12.8. The molecular formula is C17H16F2N4O2S. The van der Waals surface area contributed by atoms with Gasteiger partial charge in [-0.3, -0.25) is 4.79 Å². The first-order valence-electron chi connectivity index (χ1n) is 8.14. The first-order chi connectivity index (χ1) is 12.5. The lowest BCUT2D eigenvalue weighted by Crippen LogP contribution is -2.25. The third-order valence-electron chi connectivity index (χ3n) is 4.52. The number of carbonyl (C=O) groups excluding carboxylic acids is 1. The summed E-state index contributed by atoms with van der Waals surface area (Å²) in [6, 6.07) is 3.64. The Morgan fingerprint density at radius 2 is 2.23 bits per heavy atom. The van der Waals surface area contributed by atoms with Crippen molar-refractivity contribution >= 4 is 27.5 Å². The fourth-order valence-corrected chi connectivity index (χ4v) is 3.77. The number of nitrogens with one attached hydrogen (secondary N) is 1. The molecule has 0 aliphatic carbocycles. The Labute approximate surface area is 151 Å². The van der Waals surface area contributed by atoms with Gasteiger partial charge in [-0.2, -0.15) is 13.9 Å². The number of rotatable bonds is 5. The zero-order chi connectivity index (χ0) is 18.3. The van der Waals surface area contributed by atoms with Crippen LogP contribution in [0, 0.1) is 5.92 Å². The van der Waals surface area contributed by atoms with Crippen LogP contribution in [0.5, 0.6) is 5.75 Å². The van der Waals surface area contributed by atoms with Crippen LogP contribution in [-0.2, 0) is 4.79 Å². The van der Waals surface area contributed by atoms with Crippen LogP contribution < -0.4 is 10.1 Å². The summed E-state index contributed by atoms with van der Waals surface area (Å²) in [7, 11) is 0. The molecule has 1 fully saturated rings. The van der Waals surface area contributed by atoms with Crippen LogP contribution in [0.4, 0.5) is 8.78 Å². The number of hydrogen-bond donors (Lipinski definition) is 1. The molecule has 1 aromatic carbocycles. The summed E-state index contributed by atoms with van der Waals surface area (Å²) in [5.41, 5.74) is 3.73. The van der Waals surface area contributed by atoms with Gasteiger partial charge in [0, 0.05) is 30.6 Å². The lowest BCUT2D eigenvalue weighted by atomic mass is 10.0. The Bertz CT molecular complexity index is 955. The molecule has 4 rings (SSSR count). The second-order valence-electron chi connectivity index (χ2n) is 6.25. The number of fused-ring (bicyclic) bond motifs is 1. The molecule has 3 heterocycles. The second kappa shape index (κ2) is 6.64. The molecular weight excluding hydrogens is 362 g/mol. The number of hydrogen-bond acceptors (Lipinski definition) is 5. The van der Waals surface area contributed by atoms with Crippen LogP contribution in [0.25, 0.3) is 21.3 Å². The summed E-state index contributed by atoms with van der Waals surface area (Å²) in [4.78, 5) is 15.8. The van der Waals surface area contributed by atoms with Gasteiger partial charge in [-0.15, -0.1) is 11.3 Å². The molecule has 3 aromatic rings. The number of ether oxygens (including phenoxy) is 1. The average molecular weight is 378 g/mol. The number of thiazole rings is 1. The molecule has 2 atom stereocenters. The topological polar surface area (TPSA) is 69.0 Å². The Kier molecular flexibility index (Phi) is 4.31. The van der Waals surface area contributed by atoms with E-state index in [-0.39, 0.29) is 17.9 Å². The molecule has 26 heavy (non-hydrogen) atoms. The maximum Gasteiger partial charge on any atom is 0.333 e. The number of benzene rings is 1. The Balaban J connectivity index is 1.67. The van der Waals surface area contributed by atoms with Gasteiger partial charge in [-0.1, -0.05) is 0 Å². The molecule has 0 radical (unpaired) electrons. The number of nitrogens with zero attached hydrogens (tertiary/aromatic N) is 3. The second-order valence-corrected chi connectivity index (χ2v) is 7.11. The predicted octanol–water partition coefficient (Wildman–Crippen LogP) is 3.46. The minimum Gasteiger partial charge on any atom is -0.489 e. The summed E-state index contributed by atoms with van der Waals surface area (Å²) in [6.07, 6.45) is 2.96. The van der Waals surface area contributed by atoms with Crippen LogP contribution >= 0.6 is 11.3 Å². The summed E-state index contributed by atoms with van der Waals surface area (Å²) in [5, 5.41) is 6.49. The molecule has 1 amide bonds. The van der Waals surface area contributed by atoms with Crippen LogP contribution in [-0.4, -0.2) is 33.3 Å². The van der Waals surface area contributed by atoms with Gasteiger partial charge in [0.05, 0.1) is 21.9 Å². The van der Waals surface area contributed by atoms with Gasteiger partial charge in [-0.25, -0.2) is 9.67 Å². The van der Waals surface area contributed by atoms with Crippen molar-refractivity contribution in [3.05, 3.63) is 30.0 Å². The molecule has 0 spiro atoms. The van der Waals surface area contributed by atoms with E-state index in [4.69, 9.17) is 4.74 Å². The van der Waals surface area contributed by atoms with Gasteiger partial charge in [0.15, 0.2) is 0 Å². The number of carbonyl (C=O) groups is 1. The van der Waals surface area contributed by atoms with E-state index < -0.39 is 6.55 Å². The van der Waals surface area contributed by atoms with E-state index in [1.165, 1.54) is 23.7 Å². The van der Waals surface area contributed by atoms with E-state index in [1.807, 2.05) is 19.1 Å². The van der Waals surface area contributed by atoms with Crippen LogP contribution in [0.1, 0.15) is 19.9 Å². The summed E-state index contributed by atoms with van der Waals surface area (Å²) < 4.78 is 33.2. The smallest absolute Gasteiger partial charge is 0.333 e. The van der Waals surface area contributed by atoms with Crippen LogP contribution in [0.15, 0.2) is 30.0 Å². The first-order valence-corrected chi connectivity index (χ1v) is 9.02. The van der Waals surface area contributed by atoms with E-state index in [9.17, 15) is 13.6 Å². The zero-order valence-electron chi connectivity index (χ0n) is 13.9. The van der Waals surface area contributed by atoms with Crippen molar-refractivity contribution in [3.8, 4) is 16.9 Å². The first kappa shape index (κ1) is 16.9. The highest BCUT2D eigenvalue weighted by Crippen LogP contribution is 2.36. The number of aromatic nitrogens is 3. The maximum absolute atomic E-state index is 12.8. The predicted molar refractivity (Wildman–Crippen MR) is 93.3 cm³/mol. The van der Waals surface area contributed by atoms with E-state index in [1.54, 1.807) is 5.51 Å². The lowest BCUT2D eigenvalue weighted by molar-refractivity contribution is -0.119. The largest absolute Gasteiger partial charge is 0.489 e. The number of amides is 1. The SMILES string of the molecule is C[C@@H](Oc1cc(-c2cnn(C(F)F)c2)cc2ncsc12)[C@H]1CNC(=O)C1. The fraction of sp³-hybridized carbons (Fsp3) is 0.353. The molecule has 0 unspecified atom stereocenters. The molecule has 136 valence electrons. The lowest BCUT2D eigenvalue weighted by Gasteiger charge is -2.20. The molecule has 9 heteroatoms. The van der Waals surface area contributed by atoms with E-state index in [0.717, 1.165) is 10.2 Å². The molecule has 6 nitrogen and oxygen atoms in total. The van der Waals surface area contributed by atoms with Crippen molar-refractivity contribution in [1.82, 2.24) is 20.1 Å². The molecule has 1 N–H and O–H groups in total. The minimum absolute atomic E-state index is 0.0292. The molecule has 0 bridgehead atoms. The fourth-order valence-electron chi connectivity index (χ4n) is 3.04. The van der Waals surface area contributed by atoms with Crippen molar-refractivity contribution in [3.63, 3.8) is 0 Å². The Morgan fingerprint density at radius 1 is 1.38 bits per heavy atom. The van der Waals surface area contributed by atoms with Gasteiger partial charge in [0.1, 0.15) is 11.9 Å².